The number of ether oxygens (including phenoxy) is 1. The molecule has 104 valence electrons. The molecule has 0 saturated carbocycles. The first-order valence-corrected chi connectivity index (χ1v) is 6.83. The standard InChI is InChI=1S/C13H21N5O/c14-11-1-2-12(16-13(11)15)18-4-3-10(9-18)17-5-7-19-8-6-17/h1-2,10H,3-9,14H2,(H2,15,16). The Kier molecular flexibility index (Phi) is 3.44. The summed E-state index contributed by atoms with van der Waals surface area (Å²) in [5, 5.41) is 0. The summed E-state index contributed by atoms with van der Waals surface area (Å²) in [6.07, 6.45) is 1.17. The lowest BCUT2D eigenvalue weighted by Crippen LogP contribution is -2.44. The van der Waals surface area contributed by atoms with Crippen molar-refractivity contribution in [2.24, 2.45) is 0 Å². The van der Waals surface area contributed by atoms with Crippen molar-refractivity contribution in [3.8, 4) is 0 Å². The van der Waals surface area contributed by atoms with Crippen molar-refractivity contribution >= 4 is 17.3 Å². The van der Waals surface area contributed by atoms with Gasteiger partial charge in [0, 0.05) is 32.2 Å². The Hall–Kier alpha value is -1.53. The van der Waals surface area contributed by atoms with Gasteiger partial charge in [0.25, 0.3) is 0 Å². The Morgan fingerprint density at radius 3 is 2.68 bits per heavy atom. The van der Waals surface area contributed by atoms with Gasteiger partial charge >= 0.3 is 0 Å². The maximum Gasteiger partial charge on any atom is 0.149 e. The predicted octanol–water partition coefficient (Wildman–Crippen LogP) is 0.157. The number of anilines is 3. The molecule has 1 unspecified atom stereocenters. The molecular formula is C13H21N5O. The number of nitrogen functional groups attached to an aromatic ring is 2. The molecule has 19 heavy (non-hydrogen) atoms. The van der Waals surface area contributed by atoms with Gasteiger partial charge in [0.05, 0.1) is 18.9 Å². The quantitative estimate of drug-likeness (QED) is 0.791. The van der Waals surface area contributed by atoms with Gasteiger partial charge in [-0.1, -0.05) is 0 Å². The lowest BCUT2D eigenvalue weighted by Gasteiger charge is -2.32. The Morgan fingerprint density at radius 2 is 1.95 bits per heavy atom. The van der Waals surface area contributed by atoms with Crippen LogP contribution in [0.5, 0.6) is 0 Å². The first-order valence-electron chi connectivity index (χ1n) is 6.83. The first kappa shape index (κ1) is 12.5. The second-order valence-corrected chi connectivity index (χ2v) is 5.18. The Balaban J connectivity index is 1.66. The van der Waals surface area contributed by atoms with E-state index in [1.165, 1.54) is 6.42 Å². The van der Waals surface area contributed by atoms with Crippen LogP contribution in [0.4, 0.5) is 17.3 Å². The molecule has 1 aromatic rings. The van der Waals surface area contributed by atoms with Crippen LogP contribution < -0.4 is 16.4 Å². The topological polar surface area (TPSA) is 80.6 Å². The van der Waals surface area contributed by atoms with Crippen molar-refractivity contribution in [2.45, 2.75) is 12.5 Å². The van der Waals surface area contributed by atoms with E-state index < -0.39 is 0 Å². The molecule has 2 fully saturated rings. The van der Waals surface area contributed by atoms with Gasteiger partial charge < -0.3 is 21.1 Å². The van der Waals surface area contributed by atoms with Crippen LogP contribution in [-0.2, 0) is 4.74 Å². The summed E-state index contributed by atoms with van der Waals surface area (Å²) in [7, 11) is 0. The third-order valence-corrected chi connectivity index (χ3v) is 3.99. The largest absolute Gasteiger partial charge is 0.396 e. The van der Waals surface area contributed by atoms with E-state index in [4.69, 9.17) is 16.2 Å². The van der Waals surface area contributed by atoms with Gasteiger partial charge in [0.15, 0.2) is 0 Å². The van der Waals surface area contributed by atoms with E-state index in [0.717, 1.165) is 45.2 Å². The maximum absolute atomic E-state index is 5.78. The van der Waals surface area contributed by atoms with Gasteiger partial charge in [-0.3, -0.25) is 4.90 Å². The van der Waals surface area contributed by atoms with Crippen molar-refractivity contribution in [3.05, 3.63) is 12.1 Å². The number of hydrogen-bond donors (Lipinski definition) is 2. The molecule has 0 spiro atoms. The monoisotopic (exact) mass is 263 g/mol. The number of nitrogens with zero attached hydrogens (tertiary/aromatic N) is 3. The molecule has 2 aliphatic rings. The molecule has 0 amide bonds. The minimum Gasteiger partial charge on any atom is -0.396 e. The lowest BCUT2D eigenvalue weighted by molar-refractivity contribution is 0.0209. The molecule has 3 rings (SSSR count). The molecule has 2 aliphatic heterocycles. The summed E-state index contributed by atoms with van der Waals surface area (Å²) >= 11 is 0. The second-order valence-electron chi connectivity index (χ2n) is 5.18. The zero-order chi connectivity index (χ0) is 13.2. The highest BCUT2D eigenvalue weighted by atomic mass is 16.5. The highest BCUT2D eigenvalue weighted by Crippen LogP contribution is 2.24. The Morgan fingerprint density at radius 1 is 1.16 bits per heavy atom. The molecule has 6 nitrogen and oxygen atoms in total. The van der Waals surface area contributed by atoms with E-state index in [-0.39, 0.29) is 0 Å². The molecule has 3 heterocycles. The Labute approximate surface area is 113 Å². The molecule has 0 aromatic carbocycles. The van der Waals surface area contributed by atoms with E-state index in [2.05, 4.69) is 14.8 Å². The zero-order valence-electron chi connectivity index (χ0n) is 11.1. The van der Waals surface area contributed by atoms with Crippen LogP contribution in [0, 0.1) is 0 Å². The highest BCUT2D eigenvalue weighted by Gasteiger charge is 2.29. The molecule has 1 atom stereocenters. The van der Waals surface area contributed by atoms with E-state index in [9.17, 15) is 0 Å². The van der Waals surface area contributed by atoms with Gasteiger partial charge in [0.1, 0.15) is 11.6 Å². The van der Waals surface area contributed by atoms with Crippen LogP contribution >= 0.6 is 0 Å². The predicted molar refractivity (Wildman–Crippen MR) is 76.1 cm³/mol. The Bertz CT molecular complexity index is 447. The number of hydrogen-bond acceptors (Lipinski definition) is 6. The summed E-state index contributed by atoms with van der Waals surface area (Å²) < 4.78 is 5.40. The zero-order valence-corrected chi connectivity index (χ0v) is 11.1. The summed E-state index contributed by atoms with van der Waals surface area (Å²) in [6.45, 7) is 5.81. The molecule has 1 aromatic heterocycles. The van der Waals surface area contributed by atoms with Gasteiger partial charge in [0.2, 0.25) is 0 Å². The lowest BCUT2D eigenvalue weighted by atomic mass is 10.2. The van der Waals surface area contributed by atoms with Gasteiger partial charge in [-0.05, 0) is 18.6 Å². The minimum atomic E-state index is 0.423. The van der Waals surface area contributed by atoms with Gasteiger partial charge in [-0.25, -0.2) is 4.98 Å². The average molecular weight is 263 g/mol. The van der Waals surface area contributed by atoms with E-state index in [0.29, 0.717) is 17.5 Å². The SMILES string of the molecule is Nc1ccc(N2CCC(N3CCOCC3)C2)nc1N. The molecule has 6 heteroatoms. The highest BCUT2D eigenvalue weighted by molar-refractivity contribution is 5.62. The third-order valence-electron chi connectivity index (χ3n) is 3.99. The minimum absolute atomic E-state index is 0.423. The van der Waals surface area contributed by atoms with Crippen molar-refractivity contribution in [1.29, 1.82) is 0 Å². The molecular weight excluding hydrogens is 242 g/mol. The fraction of sp³-hybridized carbons (Fsp3) is 0.615. The van der Waals surface area contributed by atoms with E-state index in [1.54, 1.807) is 0 Å². The molecule has 0 bridgehead atoms. The third kappa shape index (κ3) is 2.59. The van der Waals surface area contributed by atoms with Crippen LogP contribution in [-0.4, -0.2) is 55.3 Å². The van der Waals surface area contributed by atoms with Crippen molar-refractivity contribution in [1.82, 2.24) is 9.88 Å². The van der Waals surface area contributed by atoms with Gasteiger partial charge in [-0.2, -0.15) is 0 Å². The number of rotatable bonds is 2. The molecule has 0 aliphatic carbocycles. The second kappa shape index (κ2) is 5.22. The number of pyridine rings is 1. The molecule has 4 N–H and O–H groups in total. The van der Waals surface area contributed by atoms with Crippen LogP contribution in [0.2, 0.25) is 0 Å². The fourth-order valence-electron chi connectivity index (χ4n) is 2.84. The van der Waals surface area contributed by atoms with Crippen molar-refractivity contribution in [3.63, 3.8) is 0 Å². The summed E-state index contributed by atoms with van der Waals surface area (Å²) in [5.41, 5.74) is 12.0. The maximum atomic E-state index is 5.78. The fourth-order valence-corrected chi connectivity index (χ4v) is 2.84. The van der Waals surface area contributed by atoms with Crippen molar-refractivity contribution in [2.75, 3.05) is 55.8 Å². The van der Waals surface area contributed by atoms with Crippen molar-refractivity contribution < 1.29 is 4.74 Å². The molecule has 2 saturated heterocycles. The smallest absolute Gasteiger partial charge is 0.149 e. The molecule has 0 radical (unpaired) electrons. The summed E-state index contributed by atoms with van der Waals surface area (Å²) in [6, 6.07) is 4.39. The van der Waals surface area contributed by atoms with Crippen LogP contribution in [0.1, 0.15) is 6.42 Å². The summed E-state index contributed by atoms with van der Waals surface area (Å²) in [4.78, 5) is 9.18. The first-order chi connectivity index (χ1) is 9.24. The van der Waals surface area contributed by atoms with Crippen LogP contribution in [0.15, 0.2) is 12.1 Å². The number of nitrogens with two attached hydrogens (primary N) is 2. The van der Waals surface area contributed by atoms with E-state index >= 15 is 0 Å². The number of morpholine rings is 1. The van der Waals surface area contributed by atoms with Gasteiger partial charge in [-0.15, -0.1) is 0 Å². The van der Waals surface area contributed by atoms with Crippen LogP contribution in [0.25, 0.3) is 0 Å². The van der Waals surface area contributed by atoms with Crippen LogP contribution in [0.3, 0.4) is 0 Å². The summed E-state index contributed by atoms with van der Waals surface area (Å²) in [5.74, 6) is 1.36. The normalized spacial score (nSPS) is 24.8. The van der Waals surface area contributed by atoms with E-state index in [1.807, 2.05) is 12.1 Å². The average Bonchev–Trinajstić information content (AvgIpc) is 2.93. The number of aromatic nitrogens is 1.